The number of aromatic carboxylic acids is 1. The summed E-state index contributed by atoms with van der Waals surface area (Å²) in [4.78, 5) is 18.3. The molecule has 1 aromatic heterocycles. The average Bonchev–Trinajstić information content (AvgIpc) is 2.41. The highest BCUT2D eigenvalue weighted by Crippen LogP contribution is 2.31. The number of aromatic nitrogens is 2. The van der Waals surface area contributed by atoms with Crippen molar-refractivity contribution in [3.63, 3.8) is 0 Å². The first-order valence-electron chi connectivity index (χ1n) is 5.17. The van der Waals surface area contributed by atoms with Crippen LogP contribution in [0.1, 0.15) is 10.4 Å². The summed E-state index contributed by atoms with van der Waals surface area (Å²) in [5, 5.41) is 8.73. The van der Waals surface area contributed by atoms with E-state index in [1.54, 1.807) is 25.3 Å². The van der Waals surface area contributed by atoms with Gasteiger partial charge in [-0.25, -0.2) is 14.8 Å². The Labute approximate surface area is 117 Å². The van der Waals surface area contributed by atoms with Crippen LogP contribution in [0.15, 0.2) is 35.1 Å². The van der Waals surface area contributed by atoms with E-state index in [0.717, 1.165) is 0 Å². The Morgan fingerprint density at radius 3 is 2.53 bits per heavy atom. The van der Waals surface area contributed by atoms with Crippen molar-refractivity contribution in [2.75, 3.05) is 7.11 Å². The van der Waals surface area contributed by atoms with E-state index in [0.29, 0.717) is 16.0 Å². The van der Waals surface area contributed by atoms with E-state index in [2.05, 4.69) is 25.9 Å². The molecule has 6 nitrogen and oxygen atoms in total. The van der Waals surface area contributed by atoms with E-state index in [9.17, 15) is 4.79 Å². The number of carboxylic acid groups (broad SMARTS) is 1. The molecule has 7 heteroatoms. The Hall–Kier alpha value is -2.15. The predicted molar refractivity (Wildman–Crippen MR) is 69.8 cm³/mol. The topological polar surface area (TPSA) is 81.5 Å². The lowest BCUT2D eigenvalue weighted by atomic mass is 10.3. The lowest BCUT2D eigenvalue weighted by molar-refractivity contribution is 0.0696. The van der Waals surface area contributed by atoms with Crippen molar-refractivity contribution in [2.45, 2.75) is 0 Å². The van der Waals surface area contributed by atoms with Crippen molar-refractivity contribution < 1.29 is 19.4 Å². The molecule has 0 saturated heterocycles. The minimum atomic E-state index is -1.09. The summed E-state index contributed by atoms with van der Waals surface area (Å²) >= 11 is 3.33. The second-order valence-electron chi connectivity index (χ2n) is 3.46. The van der Waals surface area contributed by atoms with Gasteiger partial charge in [-0.1, -0.05) is 0 Å². The minimum Gasteiger partial charge on any atom is -0.497 e. The van der Waals surface area contributed by atoms with Crippen LogP contribution in [0, 0.1) is 0 Å². The molecular weight excluding hydrogens is 316 g/mol. The molecule has 19 heavy (non-hydrogen) atoms. The highest BCUT2D eigenvalue weighted by molar-refractivity contribution is 9.10. The van der Waals surface area contributed by atoms with Crippen LogP contribution >= 0.6 is 15.9 Å². The smallest absolute Gasteiger partial charge is 0.338 e. The van der Waals surface area contributed by atoms with Gasteiger partial charge >= 0.3 is 12.0 Å². The number of carbonyl (C=O) groups is 1. The van der Waals surface area contributed by atoms with Crippen molar-refractivity contribution in [2.24, 2.45) is 0 Å². The molecule has 1 N–H and O–H groups in total. The highest BCUT2D eigenvalue weighted by Gasteiger charge is 2.08. The van der Waals surface area contributed by atoms with Crippen LogP contribution < -0.4 is 9.47 Å². The molecule has 0 fully saturated rings. The third-order valence-corrected chi connectivity index (χ3v) is 2.84. The zero-order valence-corrected chi connectivity index (χ0v) is 11.4. The van der Waals surface area contributed by atoms with Gasteiger partial charge in [0.2, 0.25) is 0 Å². The van der Waals surface area contributed by atoms with Crippen molar-refractivity contribution >= 4 is 21.9 Å². The number of methoxy groups -OCH3 is 1. The number of nitrogens with zero attached hydrogens (tertiary/aromatic N) is 2. The highest BCUT2D eigenvalue weighted by atomic mass is 79.9. The Kier molecular flexibility index (Phi) is 3.96. The van der Waals surface area contributed by atoms with E-state index in [-0.39, 0.29) is 11.6 Å². The van der Waals surface area contributed by atoms with Crippen LogP contribution in [0.25, 0.3) is 0 Å². The molecule has 2 rings (SSSR count). The quantitative estimate of drug-likeness (QED) is 0.931. The van der Waals surface area contributed by atoms with Gasteiger partial charge in [0.15, 0.2) is 0 Å². The number of ether oxygens (including phenoxy) is 2. The molecule has 0 aliphatic carbocycles. The zero-order valence-electron chi connectivity index (χ0n) is 9.83. The summed E-state index contributed by atoms with van der Waals surface area (Å²) in [5.74, 6) is 0.0995. The van der Waals surface area contributed by atoms with Gasteiger partial charge in [0, 0.05) is 12.4 Å². The van der Waals surface area contributed by atoms with Crippen LogP contribution in [0.2, 0.25) is 0 Å². The molecule has 1 heterocycles. The van der Waals surface area contributed by atoms with E-state index in [1.807, 2.05) is 0 Å². The second-order valence-corrected chi connectivity index (χ2v) is 4.31. The van der Waals surface area contributed by atoms with Gasteiger partial charge in [0.1, 0.15) is 11.5 Å². The number of rotatable bonds is 4. The van der Waals surface area contributed by atoms with Gasteiger partial charge in [0.25, 0.3) is 0 Å². The summed E-state index contributed by atoms with van der Waals surface area (Å²) in [7, 11) is 1.57. The summed E-state index contributed by atoms with van der Waals surface area (Å²) in [6, 6.07) is 5.22. The standard InChI is InChI=1S/C12H9BrN2O4/c1-18-8-2-3-10(9(13)4-8)19-12-14-5-7(6-15-12)11(16)17/h2-6H,1H3,(H,16,17). The number of hydrogen-bond donors (Lipinski definition) is 1. The van der Waals surface area contributed by atoms with Crippen molar-refractivity contribution in [1.29, 1.82) is 0 Å². The lowest BCUT2D eigenvalue weighted by Crippen LogP contribution is -2.00. The van der Waals surface area contributed by atoms with Crippen LogP contribution in [0.5, 0.6) is 17.5 Å². The van der Waals surface area contributed by atoms with E-state index in [4.69, 9.17) is 14.6 Å². The number of carboxylic acids is 1. The van der Waals surface area contributed by atoms with Crippen molar-refractivity contribution in [3.8, 4) is 17.5 Å². The molecule has 0 spiro atoms. The fourth-order valence-corrected chi connectivity index (χ4v) is 1.71. The number of hydrogen-bond acceptors (Lipinski definition) is 5. The summed E-state index contributed by atoms with van der Waals surface area (Å²) in [5.41, 5.74) is 0.00106. The van der Waals surface area contributed by atoms with Gasteiger partial charge in [-0.3, -0.25) is 0 Å². The van der Waals surface area contributed by atoms with Crippen LogP contribution in [-0.4, -0.2) is 28.2 Å². The fraction of sp³-hybridized carbons (Fsp3) is 0.0833. The fourth-order valence-electron chi connectivity index (χ4n) is 1.27. The Morgan fingerprint density at radius 2 is 2.00 bits per heavy atom. The zero-order chi connectivity index (χ0) is 13.8. The number of halogens is 1. The largest absolute Gasteiger partial charge is 0.497 e. The second kappa shape index (κ2) is 5.66. The molecule has 98 valence electrons. The first-order valence-corrected chi connectivity index (χ1v) is 5.96. The molecule has 1 aromatic carbocycles. The van der Waals surface area contributed by atoms with Crippen LogP contribution in [0.4, 0.5) is 0 Å². The van der Waals surface area contributed by atoms with Gasteiger partial charge < -0.3 is 14.6 Å². The maximum absolute atomic E-state index is 10.7. The SMILES string of the molecule is COc1ccc(Oc2ncc(C(=O)O)cn2)c(Br)c1. The summed E-state index contributed by atoms with van der Waals surface area (Å²) in [6.45, 7) is 0. The van der Waals surface area contributed by atoms with Gasteiger partial charge in [-0.15, -0.1) is 0 Å². The molecule has 0 radical (unpaired) electrons. The van der Waals surface area contributed by atoms with E-state index >= 15 is 0 Å². The molecule has 2 aromatic rings. The Morgan fingerprint density at radius 1 is 1.32 bits per heavy atom. The first-order chi connectivity index (χ1) is 9.10. The minimum absolute atomic E-state index is 0.00106. The maximum atomic E-state index is 10.7. The van der Waals surface area contributed by atoms with E-state index in [1.165, 1.54) is 12.4 Å². The third-order valence-electron chi connectivity index (χ3n) is 2.22. The molecule has 0 bridgehead atoms. The molecule has 0 atom stereocenters. The number of benzene rings is 1. The maximum Gasteiger partial charge on any atom is 0.338 e. The molecule has 0 aliphatic rings. The van der Waals surface area contributed by atoms with Gasteiger partial charge in [-0.2, -0.15) is 0 Å². The Balaban J connectivity index is 2.19. The molecule has 0 unspecified atom stereocenters. The molecule has 0 saturated carbocycles. The summed E-state index contributed by atoms with van der Waals surface area (Å²) in [6.07, 6.45) is 2.37. The third kappa shape index (κ3) is 3.19. The lowest BCUT2D eigenvalue weighted by Gasteiger charge is -2.07. The normalized spacial score (nSPS) is 10.0. The first kappa shape index (κ1) is 13.3. The van der Waals surface area contributed by atoms with Crippen LogP contribution in [-0.2, 0) is 0 Å². The van der Waals surface area contributed by atoms with Gasteiger partial charge in [-0.05, 0) is 34.1 Å². The molecule has 0 amide bonds. The average molecular weight is 325 g/mol. The predicted octanol–water partition coefficient (Wildman–Crippen LogP) is 2.74. The van der Waals surface area contributed by atoms with Gasteiger partial charge in [0.05, 0.1) is 17.1 Å². The van der Waals surface area contributed by atoms with E-state index < -0.39 is 5.97 Å². The Bertz CT molecular complexity index is 601. The van der Waals surface area contributed by atoms with Crippen molar-refractivity contribution in [1.82, 2.24) is 9.97 Å². The van der Waals surface area contributed by atoms with Crippen LogP contribution in [0.3, 0.4) is 0 Å². The monoisotopic (exact) mass is 324 g/mol. The molecule has 0 aliphatic heterocycles. The molecular formula is C12H9BrN2O4. The van der Waals surface area contributed by atoms with Crippen molar-refractivity contribution in [3.05, 3.63) is 40.6 Å². The summed E-state index contributed by atoms with van der Waals surface area (Å²) < 4.78 is 11.2.